The number of nitrogen functional groups attached to an aromatic ring is 1. The summed E-state index contributed by atoms with van der Waals surface area (Å²) in [6.45, 7) is 0. The maximum absolute atomic E-state index is 11.5. The van der Waals surface area contributed by atoms with Gasteiger partial charge in [-0.15, -0.1) is 0 Å². The molecule has 1 amide bonds. The van der Waals surface area contributed by atoms with Gasteiger partial charge in [0, 0.05) is 21.2 Å². The summed E-state index contributed by atoms with van der Waals surface area (Å²) in [6.07, 6.45) is 4.08. The van der Waals surface area contributed by atoms with Crippen molar-refractivity contribution in [2.75, 3.05) is 11.1 Å². The lowest BCUT2D eigenvalue weighted by Crippen LogP contribution is -2.03. The number of hydrogen-bond acceptors (Lipinski definition) is 3. The molecule has 3 nitrogen and oxygen atoms in total. The molecule has 1 aliphatic heterocycles. The highest BCUT2D eigenvalue weighted by Crippen LogP contribution is 2.38. The molecule has 0 spiro atoms. The molecular weight excluding hydrogens is 280 g/mol. The summed E-state index contributed by atoms with van der Waals surface area (Å²) in [4.78, 5) is 13.7. The first-order chi connectivity index (χ1) is 10.2. The third-order valence-electron chi connectivity index (χ3n) is 4.16. The van der Waals surface area contributed by atoms with E-state index in [1.165, 1.54) is 35.3 Å². The summed E-state index contributed by atoms with van der Waals surface area (Å²) in [5, 5.41) is 2.88. The Morgan fingerprint density at radius 2 is 1.90 bits per heavy atom. The Balaban J connectivity index is 1.66. The van der Waals surface area contributed by atoms with E-state index in [1.807, 2.05) is 12.1 Å². The third-order valence-corrected chi connectivity index (χ3v) is 5.22. The van der Waals surface area contributed by atoms with Gasteiger partial charge in [0.25, 0.3) is 0 Å². The van der Waals surface area contributed by atoms with E-state index < -0.39 is 0 Å². The molecule has 3 N–H and O–H groups in total. The van der Waals surface area contributed by atoms with E-state index in [0.29, 0.717) is 6.42 Å². The fourth-order valence-corrected chi connectivity index (χ4v) is 4.05. The third kappa shape index (κ3) is 2.29. The minimum absolute atomic E-state index is 0.0454. The minimum atomic E-state index is 0.0454. The van der Waals surface area contributed by atoms with E-state index in [1.54, 1.807) is 11.8 Å². The molecule has 106 valence electrons. The first-order valence-corrected chi connectivity index (χ1v) is 8.02. The molecule has 0 unspecified atom stereocenters. The Hall–Kier alpha value is -1.94. The van der Waals surface area contributed by atoms with Crippen molar-refractivity contribution in [2.45, 2.75) is 35.5 Å². The molecule has 2 aromatic rings. The van der Waals surface area contributed by atoms with Gasteiger partial charge in [-0.25, -0.2) is 0 Å². The Kier molecular flexibility index (Phi) is 2.93. The monoisotopic (exact) mass is 296 g/mol. The van der Waals surface area contributed by atoms with E-state index in [2.05, 4.69) is 23.5 Å². The number of fused-ring (bicyclic) bond motifs is 2. The molecule has 2 aliphatic rings. The van der Waals surface area contributed by atoms with Crippen LogP contribution >= 0.6 is 11.8 Å². The van der Waals surface area contributed by atoms with E-state index in [9.17, 15) is 4.79 Å². The number of anilines is 2. The highest BCUT2D eigenvalue weighted by molar-refractivity contribution is 7.99. The second-order valence-electron chi connectivity index (χ2n) is 5.66. The Bertz CT molecular complexity index is 755. The van der Waals surface area contributed by atoms with Crippen LogP contribution in [0.25, 0.3) is 0 Å². The summed E-state index contributed by atoms with van der Waals surface area (Å²) >= 11 is 1.67. The largest absolute Gasteiger partial charge is 0.398 e. The van der Waals surface area contributed by atoms with Crippen LogP contribution in [0.5, 0.6) is 0 Å². The molecule has 0 fully saturated rings. The van der Waals surface area contributed by atoms with E-state index in [4.69, 9.17) is 5.73 Å². The van der Waals surface area contributed by atoms with Crippen molar-refractivity contribution in [2.24, 2.45) is 0 Å². The van der Waals surface area contributed by atoms with Crippen molar-refractivity contribution in [1.29, 1.82) is 0 Å². The fourth-order valence-electron chi connectivity index (χ4n) is 3.10. The molecule has 1 aliphatic carbocycles. The van der Waals surface area contributed by atoms with E-state index >= 15 is 0 Å². The van der Waals surface area contributed by atoms with Crippen LogP contribution in [0.15, 0.2) is 40.1 Å². The molecule has 4 heteroatoms. The van der Waals surface area contributed by atoms with Gasteiger partial charge in [0.05, 0.1) is 6.42 Å². The zero-order valence-corrected chi connectivity index (χ0v) is 12.4. The minimum Gasteiger partial charge on any atom is -0.398 e. The molecule has 21 heavy (non-hydrogen) atoms. The average Bonchev–Trinajstić information content (AvgIpc) is 3.04. The Morgan fingerprint density at radius 3 is 2.81 bits per heavy atom. The second-order valence-corrected chi connectivity index (χ2v) is 6.77. The van der Waals surface area contributed by atoms with Gasteiger partial charge in [-0.1, -0.05) is 17.8 Å². The second kappa shape index (κ2) is 4.81. The van der Waals surface area contributed by atoms with Crippen molar-refractivity contribution >= 4 is 29.0 Å². The van der Waals surface area contributed by atoms with Crippen molar-refractivity contribution in [3.63, 3.8) is 0 Å². The van der Waals surface area contributed by atoms with Gasteiger partial charge in [-0.05, 0) is 60.2 Å². The number of rotatable bonds is 2. The van der Waals surface area contributed by atoms with Crippen molar-refractivity contribution in [1.82, 2.24) is 0 Å². The van der Waals surface area contributed by atoms with Crippen LogP contribution in [0.1, 0.15) is 23.1 Å². The predicted octanol–water partition coefficient (Wildman–Crippen LogP) is 3.40. The topological polar surface area (TPSA) is 55.1 Å². The molecule has 2 aromatic carbocycles. The molecule has 0 saturated carbocycles. The standard InChI is InChI=1S/C17H16N2OS/c18-14-7-12-8-17(20)19-15(12)9-16(14)21-13-5-4-10-2-1-3-11(10)6-13/h4-7,9H,1-3,8,18H2,(H,19,20). The molecule has 4 rings (SSSR count). The Morgan fingerprint density at radius 1 is 1.05 bits per heavy atom. The van der Waals surface area contributed by atoms with Crippen molar-refractivity contribution < 1.29 is 4.79 Å². The lowest BCUT2D eigenvalue weighted by atomic mass is 10.1. The zero-order chi connectivity index (χ0) is 14.4. The van der Waals surface area contributed by atoms with Gasteiger partial charge >= 0.3 is 0 Å². The first kappa shape index (κ1) is 12.8. The first-order valence-electron chi connectivity index (χ1n) is 7.21. The average molecular weight is 296 g/mol. The highest BCUT2D eigenvalue weighted by atomic mass is 32.2. The lowest BCUT2D eigenvalue weighted by Gasteiger charge is -2.09. The molecule has 0 saturated heterocycles. The van der Waals surface area contributed by atoms with Crippen LogP contribution in [-0.4, -0.2) is 5.91 Å². The smallest absolute Gasteiger partial charge is 0.228 e. The quantitative estimate of drug-likeness (QED) is 0.835. The number of carbonyl (C=O) groups excluding carboxylic acids is 1. The maximum Gasteiger partial charge on any atom is 0.228 e. The number of nitrogens with one attached hydrogen (secondary N) is 1. The van der Waals surface area contributed by atoms with Gasteiger partial charge in [-0.3, -0.25) is 4.79 Å². The van der Waals surface area contributed by atoms with E-state index in [0.717, 1.165) is 21.8 Å². The predicted molar refractivity (Wildman–Crippen MR) is 85.8 cm³/mol. The molecular formula is C17H16N2OS. The number of amides is 1. The number of carbonyl (C=O) groups is 1. The van der Waals surface area contributed by atoms with Crippen molar-refractivity contribution in [3.8, 4) is 0 Å². The SMILES string of the molecule is Nc1cc2c(cc1Sc1ccc3c(c1)CCC3)NC(=O)C2. The van der Waals surface area contributed by atoms with Gasteiger partial charge in [0.1, 0.15) is 0 Å². The molecule has 1 heterocycles. The zero-order valence-electron chi connectivity index (χ0n) is 11.6. The number of nitrogens with two attached hydrogens (primary N) is 1. The summed E-state index contributed by atoms with van der Waals surface area (Å²) in [5.74, 6) is 0.0454. The summed E-state index contributed by atoms with van der Waals surface area (Å²) in [6, 6.07) is 10.6. The molecule has 0 radical (unpaired) electrons. The fraction of sp³-hybridized carbons (Fsp3) is 0.235. The lowest BCUT2D eigenvalue weighted by molar-refractivity contribution is -0.115. The van der Waals surface area contributed by atoms with Crippen LogP contribution in [0, 0.1) is 0 Å². The van der Waals surface area contributed by atoms with Crippen LogP contribution in [-0.2, 0) is 24.1 Å². The van der Waals surface area contributed by atoms with Crippen molar-refractivity contribution in [3.05, 3.63) is 47.0 Å². The Labute approximate surface area is 127 Å². The van der Waals surface area contributed by atoms with Gasteiger partial charge in [0.2, 0.25) is 5.91 Å². The summed E-state index contributed by atoms with van der Waals surface area (Å²) < 4.78 is 0. The van der Waals surface area contributed by atoms with Gasteiger partial charge in [-0.2, -0.15) is 0 Å². The van der Waals surface area contributed by atoms with Crippen LogP contribution in [0.3, 0.4) is 0 Å². The normalized spacial score (nSPS) is 15.7. The van der Waals surface area contributed by atoms with E-state index in [-0.39, 0.29) is 5.91 Å². The van der Waals surface area contributed by atoms with Crippen LogP contribution < -0.4 is 11.1 Å². The number of hydrogen-bond donors (Lipinski definition) is 2. The molecule has 0 atom stereocenters. The van der Waals surface area contributed by atoms with Crippen LogP contribution in [0.4, 0.5) is 11.4 Å². The molecule has 0 aromatic heterocycles. The van der Waals surface area contributed by atoms with Gasteiger partial charge < -0.3 is 11.1 Å². The van der Waals surface area contributed by atoms with Gasteiger partial charge in [0.15, 0.2) is 0 Å². The summed E-state index contributed by atoms with van der Waals surface area (Å²) in [7, 11) is 0. The number of aryl methyl sites for hydroxylation is 2. The van der Waals surface area contributed by atoms with Crippen LogP contribution in [0.2, 0.25) is 0 Å². The maximum atomic E-state index is 11.5. The highest BCUT2D eigenvalue weighted by Gasteiger charge is 2.20. The number of benzene rings is 2. The molecule has 0 bridgehead atoms. The summed E-state index contributed by atoms with van der Waals surface area (Å²) in [5.41, 5.74) is 11.7.